The number of nitrogens with one attached hydrogen (secondary N) is 1. The van der Waals surface area contributed by atoms with Crippen LogP contribution in [0.15, 0.2) is 0 Å². The van der Waals surface area contributed by atoms with Crippen LogP contribution in [0.2, 0.25) is 0 Å². The molecule has 1 saturated heterocycles. The van der Waals surface area contributed by atoms with Crippen LogP contribution in [0.1, 0.15) is 47.5 Å². The Morgan fingerprint density at radius 1 is 1.29 bits per heavy atom. The molecule has 0 bridgehead atoms. The Balaban J connectivity index is 2.01. The van der Waals surface area contributed by atoms with Crippen molar-refractivity contribution in [1.29, 1.82) is 0 Å². The van der Waals surface area contributed by atoms with Crippen molar-refractivity contribution in [2.45, 2.75) is 70.8 Å². The van der Waals surface area contributed by atoms with E-state index in [4.69, 9.17) is 9.47 Å². The first-order valence-electron chi connectivity index (χ1n) is 8.62. The third kappa shape index (κ3) is 4.83. The van der Waals surface area contributed by atoms with E-state index in [1.165, 1.54) is 4.90 Å². The van der Waals surface area contributed by atoms with Gasteiger partial charge in [0, 0.05) is 13.1 Å². The van der Waals surface area contributed by atoms with Crippen molar-refractivity contribution >= 4 is 12.0 Å². The van der Waals surface area contributed by atoms with Crippen molar-refractivity contribution < 1.29 is 24.2 Å². The number of nitrogens with zero attached hydrogens (tertiary/aromatic N) is 1. The smallest absolute Gasteiger partial charge is 0.411 e. The van der Waals surface area contributed by atoms with Gasteiger partial charge in [0.15, 0.2) is 0 Å². The van der Waals surface area contributed by atoms with Crippen LogP contribution in [0.3, 0.4) is 0 Å². The van der Waals surface area contributed by atoms with E-state index in [0.29, 0.717) is 13.2 Å². The molecule has 0 aromatic carbocycles. The summed E-state index contributed by atoms with van der Waals surface area (Å²) in [6, 6.07) is -0.761. The number of morpholine rings is 1. The third-order valence-electron chi connectivity index (χ3n) is 4.47. The van der Waals surface area contributed by atoms with Gasteiger partial charge in [-0.2, -0.15) is 0 Å². The summed E-state index contributed by atoms with van der Waals surface area (Å²) in [5.41, 5.74) is -1.54. The summed E-state index contributed by atoms with van der Waals surface area (Å²) < 4.78 is 10.9. The van der Waals surface area contributed by atoms with E-state index >= 15 is 0 Å². The maximum Gasteiger partial charge on any atom is 0.411 e. The summed E-state index contributed by atoms with van der Waals surface area (Å²) in [6.45, 7) is 9.70. The van der Waals surface area contributed by atoms with Crippen molar-refractivity contribution in [2.24, 2.45) is 5.92 Å². The Kier molecular flexibility index (Phi) is 5.44. The predicted molar refractivity (Wildman–Crippen MR) is 88.5 cm³/mol. The van der Waals surface area contributed by atoms with Gasteiger partial charge in [0.05, 0.1) is 18.3 Å². The summed E-state index contributed by atoms with van der Waals surface area (Å²) in [4.78, 5) is 26.5. The van der Waals surface area contributed by atoms with Crippen LogP contribution in [0.25, 0.3) is 0 Å². The van der Waals surface area contributed by atoms with Gasteiger partial charge in [-0.05, 0) is 53.4 Å². The van der Waals surface area contributed by atoms with E-state index in [1.807, 2.05) is 0 Å². The highest BCUT2D eigenvalue weighted by atomic mass is 16.6. The highest BCUT2D eigenvalue weighted by molar-refractivity contribution is 5.86. The van der Waals surface area contributed by atoms with E-state index in [0.717, 1.165) is 12.8 Å². The zero-order valence-corrected chi connectivity index (χ0v) is 15.3. The first-order chi connectivity index (χ1) is 11.0. The number of hydrogen-bond acceptors (Lipinski definition) is 5. The highest BCUT2D eigenvalue weighted by Gasteiger charge is 2.43. The monoisotopic (exact) mass is 342 g/mol. The Hall–Kier alpha value is -1.34. The molecule has 0 aromatic heterocycles. The molecule has 2 aliphatic rings. The molecule has 2 N–H and O–H groups in total. The van der Waals surface area contributed by atoms with Gasteiger partial charge in [0.25, 0.3) is 0 Å². The molecule has 138 valence electrons. The number of ether oxygens (including phenoxy) is 2. The second-order valence-electron chi connectivity index (χ2n) is 8.04. The van der Waals surface area contributed by atoms with E-state index in [-0.39, 0.29) is 18.4 Å². The SMILES string of the molecule is C[C@H]1OCCN(C(=O)OC(C)(C)C)[C@@H]1C(=O)NC[C@@](C)(O)C1CC1. The minimum atomic E-state index is -0.912. The highest BCUT2D eigenvalue weighted by Crippen LogP contribution is 2.39. The van der Waals surface area contributed by atoms with E-state index in [1.54, 1.807) is 34.6 Å². The molecule has 1 saturated carbocycles. The number of amides is 2. The Morgan fingerprint density at radius 3 is 2.46 bits per heavy atom. The first kappa shape index (κ1) is 19.0. The second-order valence-corrected chi connectivity index (χ2v) is 8.04. The number of carbonyl (C=O) groups excluding carboxylic acids is 2. The predicted octanol–water partition coefficient (Wildman–Crippen LogP) is 1.29. The van der Waals surface area contributed by atoms with Gasteiger partial charge in [0.1, 0.15) is 11.6 Å². The number of aliphatic hydroxyl groups is 1. The average Bonchev–Trinajstić information content (AvgIpc) is 3.27. The fraction of sp³-hybridized carbons (Fsp3) is 0.882. The van der Waals surface area contributed by atoms with Crippen molar-refractivity contribution in [3.63, 3.8) is 0 Å². The van der Waals surface area contributed by atoms with E-state index in [9.17, 15) is 14.7 Å². The molecule has 2 fully saturated rings. The molecular formula is C17H30N2O5. The lowest BCUT2D eigenvalue weighted by Crippen LogP contribution is -2.61. The quantitative estimate of drug-likeness (QED) is 0.804. The van der Waals surface area contributed by atoms with Crippen molar-refractivity contribution in [1.82, 2.24) is 10.2 Å². The van der Waals surface area contributed by atoms with Crippen molar-refractivity contribution in [2.75, 3.05) is 19.7 Å². The summed E-state index contributed by atoms with van der Waals surface area (Å²) in [5.74, 6) is -0.0891. The molecule has 3 atom stereocenters. The number of hydrogen-bond donors (Lipinski definition) is 2. The Bertz CT molecular complexity index is 482. The molecule has 2 rings (SSSR count). The molecule has 0 radical (unpaired) electrons. The molecule has 2 amide bonds. The molecule has 0 unspecified atom stereocenters. The van der Waals surface area contributed by atoms with Gasteiger partial charge < -0.3 is 19.9 Å². The second kappa shape index (κ2) is 6.88. The molecule has 1 aliphatic carbocycles. The van der Waals surface area contributed by atoms with Crippen LogP contribution in [0, 0.1) is 5.92 Å². The van der Waals surface area contributed by atoms with Gasteiger partial charge in [-0.3, -0.25) is 9.69 Å². The summed E-state index contributed by atoms with van der Waals surface area (Å²) in [7, 11) is 0. The molecule has 7 heteroatoms. The van der Waals surface area contributed by atoms with Crippen molar-refractivity contribution in [3.8, 4) is 0 Å². The summed E-state index contributed by atoms with van der Waals surface area (Å²) in [5, 5.41) is 13.1. The van der Waals surface area contributed by atoms with Crippen LogP contribution in [-0.4, -0.2) is 65.1 Å². The fourth-order valence-corrected chi connectivity index (χ4v) is 2.92. The minimum absolute atomic E-state index is 0.169. The lowest BCUT2D eigenvalue weighted by molar-refractivity contribution is -0.139. The van der Waals surface area contributed by atoms with Crippen molar-refractivity contribution in [3.05, 3.63) is 0 Å². The Morgan fingerprint density at radius 2 is 1.92 bits per heavy atom. The largest absolute Gasteiger partial charge is 0.444 e. The molecule has 1 aliphatic heterocycles. The molecule has 0 spiro atoms. The van der Waals surface area contributed by atoms with E-state index in [2.05, 4.69) is 5.32 Å². The van der Waals surface area contributed by atoms with Gasteiger partial charge in [-0.25, -0.2) is 4.79 Å². The fourth-order valence-electron chi connectivity index (χ4n) is 2.92. The van der Waals surface area contributed by atoms with Gasteiger partial charge in [-0.15, -0.1) is 0 Å². The Labute approximate surface area is 143 Å². The molecule has 24 heavy (non-hydrogen) atoms. The number of carbonyl (C=O) groups is 2. The normalized spacial score (nSPS) is 27.3. The first-order valence-corrected chi connectivity index (χ1v) is 8.62. The molecule has 1 heterocycles. The van der Waals surface area contributed by atoms with Gasteiger partial charge in [0.2, 0.25) is 5.91 Å². The molecule has 0 aromatic rings. The standard InChI is InChI=1S/C17H30N2O5/c1-11-13(14(20)18-10-17(5,22)12-6-7-12)19(8-9-23-11)15(21)24-16(2,3)4/h11-13,22H,6-10H2,1-5H3,(H,18,20)/t11-,13+,17-/m1/s1. The number of rotatable bonds is 4. The third-order valence-corrected chi connectivity index (χ3v) is 4.47. The summed E-state index contributed by atoms with van der Waals surface area (Å²) in [6.07, 6.45) is 1.01. The van der Waals surface area contributed by atoms with Crippen LogP contribution in [0.5, 0.6) is 0 Å². The molecule has 7 nitrogen and oxygen atoms in total. The lowest BCUT2D eigenvalue weighted by Gasteiger charge is -2.39. The zero-order valence-electron chi connectivity index (χ0n) is 15.3. The average molecular weight is 342 g/mol. The van der Waals surface area contributed by atoms with Crippen LogP contribution >= 0.6 is 0 Å². The maximum atomic E-state index is 12.6. The lowest BCUT2D eigenvalue weighted by atomic mass is 10.00. The van der Waals surface area contributed by atoms with Crippen LogP contribution in [-0.2, 0) is 14.3 Å². The summed E-state index contributed by atoms with van der Waals surface area (Å²) >= 11 is 0. The molecular weight excluding hydrogens is 312 g/mol. The van der Waals surface area contributed by atoms with Crippen LogP contribution in [0.4, 0.5) is 4.79 Å². The topological polar surface area (TPSA) is 88.1 Å². The van der Waals surface area contributed by atoms with Gasteiger partial charge in [-0.1, -0.05) is 0 Å². The van der Waals surface area contributed by atoms with E-state index < -0.39 is 29.4 Å². The zero-order chi connectivity index (χ0) is 18.1. The van der Waals surface area contributed by atoms with Crippen LogP contribution < -0.4 is 5.32 Å². The van der Waals surface area contributed by atoms with Gasteiger partial charge >= 0.3 is 6.09 Å². The minimum Gasteiger partial charge on any atom is -0.444 e. The maximum absolute atomic E-state index is 12.6.